The van der Waals surface area contributed by atoms with Crippen LogP contribution < -0.4 is 5.73 Å². The summed E-state index contributed by atoms with van der Waals surface area (Å²) in [4.78, 5) is 0. The van der Waals surface area contributed by atoms with Gasteiger partial charge in [-0.25, -0.2) is 4.39 Å². The van der Waals surface area contributed by atoms with Gasteiger partial charge >= 0.3 is 0 Å². The van der Waals surface area contributed by atoms with E-state index in [9.17, 15) is 9.50 Å². The van der Waals surface area contributed by atoms with Crippen LogP contribution in [0.15, 0.2) is 18.2 Å². The molecule has 0 saturated heterocycles. The van der Waals surface area contributed by atoms with Crippen molar-refractivity contribution >= 4 is 0 Å². The molecule has 0 aromatic heterocycles. The highest BCUT2D eigenvalue weighted by Gasteiger charge is 2.19. The molecule has 0 saturated carbocycles. The van der Waals surface area contributed by atoms with Gasteiger partial charge in [0.05, 0.1) is 6.10 Å². The largest absolute Gasteiger partial charge is 0.387 e. The van der Waals surface area contributed by atoms with Gasteiger partial charge < -0.3 is 10.8 Å². The van der Waals surface area contributed by atoms with E-state index in [1.165, 1.54) is 0 Å². The molecule has 0 unspecified atom stereocenters. The first-order chi connectivity index (χ1) is 6.57. The van der Waals surface area contributed by atoms with Gasteiger partial charge in [0.2, 0.25) is 0 Å². The molecule has 78 valence electrons. The molecule has 0 aliphatic heterocycles. The molecule has 2 atom stereocenters. The van der Waals surface area contributed by atoms with Crippen molar-refractivity contribution in [2.45, 2.75) is 32.4 Å². The minimum Gasteiger partial charge on any atom is -0.387 e. The summed E-state index contributed by atoms with van der Waals surface area (Å²) in [5.41, 5.74) is 6.47. The summed E-state index contributed by atoms with van der Waals surface area (Å²) in [6, 6.07) is 4.55. The Balaban J connectivity index is 3.01. The van der Waals surface area contributed by atoms with Crippen LogP contribution in [0.2, 0.25) is 0 Å². The molecule has 0 aliphatic carbocycles. The van der Waals surface area contributed by atoms with Crippen molar-refractivity contribution < 1.29 is 9.50 Å². The molecular weight excluding hydrogens is 181 g/mol. The minimum absolute atomic E-state index is 0.291. The summed E-state index contributed by atoms with van der Waals surface area (Å²) in [6.07, 6.45) is -0.297. The van der Waals surface area contributed by atoms with Crippen molar-refractivity contribution in [3.8, 4) is 0 Å². The van der Waals surface area contributed by atoms with Crippen LogP contribution in [-0.4, -0.2) is 11.1 Å². The number of aryl methyl sites for hydroxylation is 1. The summed E-state index contributed by atoms with van der Waals surface area (Å²) < 4.78 is 13.5. The monoisotopic (exact) mass is 197 g/mol. The molecule has 0 amide bonds. The van der Waals surface area contributed by atoms with E-state index in [-0.39, 0.29) is 5.82 Å². The Morgan fingerprint density at radius 1 is 1.50 bits per heavy atom. The van der Waals surface area contributed by atoms with E-state index >= 15 is 0 Å². The summed E-state index contributed by atoms with van der Waals surface area (Å²) in [6.45, 7) is 3.53. The molecule has 14 heavy (non-hydrogen) atoms. The number of aliphatic hydroxyl groups is 1. The Bertz CT molecular complexity index is 314. The van der Waals surface area contributed by atoms with Gasteiger partial charge in [0.25, 0.3) is 0 Å². The molecule has 0 radical (unpaired) electrons. The molecule has 1 aromatic carbocycles. The van der Waals surface area contributed by atoms with Crippen LogP contribution in [0.4, 0.5) is 4.39 Å². The maximum absolute atomic E-state index is 13.5. The summed E-state index contributed by atoms with van der Waals surface area (Å²) in [5.74, 6) is -0.357. The number of benzene rings is 1. The Hall–Kier alpha value is -0.930. The first kappa shape index (κ1) is 11.1. The predicted octanol–water partition coefficient (Wildman–Crippen LogP) is 1.90. The molecule has 0 aliphatic rings. The fourth-order valence-electron chi connectivity index (χ4n) is 1.35. The topological polar surface area (TPSA) is 46.2 Å². The number of halogens is 1. The van der Waals surface area contributed by atoms with Gasteiger partial charge in [-0.2, -0.15) is 0 Å². The summed E-state index contributed by atoms with van der Waals surface area (Å²) in [5, 5.41) is 9.73. The second kappa shape index (κ2) is 4.53. The average molecular weight is 197 g/mol. The first-order valence-corrected chi connectivity index (χ1v) is 4.76. The quantitative estimate of drug-likeness (QED) is 0.777. The van der Waals surface area contributed by atoms with E-state index < -0.39 is 12.1 Å². The maximum Gasteiger partial charge on any atom is 0.131 e. The standard InChI is InChI=1S/C11H16FNO/c1-3-9(13)11(14)8-6-4-5-7(2)10(8)12/h4-6,9,11,14H,3,13H2,1-2H3/t9-,11-/m0/s1. The van der Waals surface area contributed by atoms with Crippen LogP contribution in [0.25, 0.3) is 0 Å². The summed E-state index contributed by atoms with van der Waals surface area (Å²) >= 11 is 0. The zero-order valence-corrected chi connectivity index (χ0v) is 8.50. The third-order valence-electron chi connectivity index (χ3n) is 2.42. The van der Waals surface area contributed by atoms with Gasteiger partial charge in [-0.3, -0.25) is 0 Å². The highest BCUT2D eigenvalue weighted by Crippen LogP contribution is 2.22. The molecule has 1 aromatic rings. The second-order valence-corrected chi connectivity index (χ2v) is 3.50. The molecule has 0 spiro atoms. The lowest BCUT2D eigenvalue weighted by Gasteiger charge is -2.18. The van der Waals surface area contributed by atoms with E-state index in [0.717, 1.165) is 0 Å². The third kappa shape index (κ3) is 2.11. The maximum atomic E-state index is 13.5. The van der Waals surface area contributed by atoms with Crippen molar-refractivity contribution in [2.24, 2.45) is 5.73 Å². The summed E-state index contributed by atoms with van der Waals surface area (Å²) in [7, 11) is 0. The number of aliphatic hydroxyl groups excluding tert-OH is 1. The molecular formula is C11H16FNO. The lowest BCUT2D eigenvalue weighted by Crippen LogP contribution is -2.28. The molecule has 1 rings (SSSR count). The Morgan fingerprint density at radius 2 is 2.14 bits per heavy atom. The predicted molar refractivity (Wildman–Crippen MR) is 54.4 cm³/mol. The van der Waals surface area contributed by atoms with Crippen molar-refractivity contribution in [1.82, 2.24) is 0 Å². The number of hydrogen-bond donors (Lipinski definition) is 2. The van der Waals surface area contributed by atoms with Gasteiger partial charge in [-0.05, 0) is 18.9 Å². The van der Waals surface area contributed by atoms with Crippen LogP contribution in [0.5, 0.6) is 0 Å². The molecule has 0 fully saturated rings. The molecule has 3 N–H and O–H groups in total. The van der Waals surface area contributed by atoms with Gasteiger partial charge in [-0.15, -0.1) is 0 Å². The van der Waals surface area contributed by atoms with Crippen molar-refractivity contribution in [3.05, 3.63) is 35.1 Å². The molecule has 2 nitrogen and oxygen atoms in total. The highest BCUT2D eigenvalue weighted by molar-refractivity contribution is 5.27. The number of hydrogen-bond acceptors (Lipinski definition) is 2. The zero-order valence-electron chi connectivity index (χ0n) is 8.50. The smallest absolute Gasteiger partial charge is 0.131 e. The third-order valence-corrected chi connectivity index (χ3v) is 2.42. The molecule has 0 bridgehead atoms. The highest BCUT2D eigenvalue weighted by atomic mass is 19.1. The van der Waals surface area contributed by atoms with Crippen LogP contribution in [0.1, 0.15) is 30.6 Å². The lowest BCUT2D eigenvalue weighted by atomic mass is 9.99. The Kier molecular flexibility index (Phi) is 3.61. The van der Waals surface area contributed by atoms with Crippen LogP contribution >= 0.6 is 0 Å². The molecule has 3 heteroatoms. The van der Waals surface area contributed by atoms with Crippen LogP contribution in [0, 0.1) is 12.7 Å². The van der Waals surface area contributed by atoms with Crippen molar-refractivity contribution in [1.29, 1.82) is 0 Å². The Labute approximate surface area is 83.6 Å². The van der Waals surface area contributed by atoms with Crippen molar-refractivity contribution in [3.63, 3.8) is 0 Å². The lowest BCUT2D eigenvalue weighted by molar-refractivity contribution is 0.140. The second-order valence-electron chi connectivity index (χ2n) is 3.50. The normalized spacial score (nSPS) is 15.2. The van der Waals surface area contributed by atoms with Gasteiger partial charge in [0, 0.05) is 11.6 Å². The Morgan fingerprint density at radius 3 is 2.71 bits per heavy atom. The van der Waals surface area contributed by atoms with E-state index in [1.807, 2.05) is 6.92 Å². The van der Waals surface area contributed by atoms with Crippen LogP contribution in [-0.2, 0) is 0 Å². The van der Waals surface area contributed by atoms with Gasteiger partial charge in [0.1, 0.15) is 5.82 Å². The average Bonchev–Trinajstić information content (AvgIpc) is 2.20. The first-order valence-electron chi connectivity index (χ1n) is 4.76. The van der Waals surface area contributed by atoms with E-state index in [2.05, 4.69) is 0 Å². The van der Waals surface area contributed by atoms with Crippen LogP contribution in [0.3, 0.4) is 0 Å². The van der Waals surface area contributed by atoms with Crippen molar-refractivity contribution in [2.75, 3.05) is 0 Å². The molecule has 0 heterocycles. The number of rotatable bonds is 3. The number of nitrogens with two attached hydrogens (primary N) is 1. The van der Waals surface area contributed by atoms with Gasteiger partial charge in [-0.1, -0.05) is 25.1 Å². The van der Waals surface area contributed by atoms with E-state index in [0.29, 0.717) is 17.5 Å². The van der Waals surface area contributed by atoms with E-state index in [4.69, 9.17) is 5.73 Å². The van der Waals surface area contributed by atoms with Gasteiger partial charge in [0.15, 0.2) is 0 Å². The fourth-order valence-corrected chi connectivity index (χ4v) is 1.35. The minimum atomic E-state index is -0.917. The fraction of sp³-hybridized carbons (Fsp3) is 0.455. The van der Waals surface area contributed by atoms with E-state index in [1.54, 1.807) is 25.1 Å². The zero-order chi connectivity index (χ0) is 10.7. The SMILES string of the molecule is CC[C@H](N)[C@@H](O)c1cccc(C)c1F.